The van der Waals surface area contributed by atoms with Crippen molar-refractivity contribution in [2.45, 2.75) is 20.0 Å². The normalized spacial score (nSPS) is 11.8. The minimum absolute atomic E-state index is 0.124. The van der Waals surface area contributed by atoms with Gasteiger partial charge in [-0.15, -0.1) is 5.10 Å². The predicted molar refractivity (Wildman–Crippen MR) is 75.4 cm³/mol. The Morgan fingerprint density at radius 1 is 1.50 bits per heavy atom. The van der Waals surface area contributed by atoms with Crippen molar-refractivity contribution in [3.8, 4) is 0 Å². The van der Waals surface area contributed by atoms with Gasteiger partial charge in [-0.2, -0.15) is 0 Å². The number of aromatic nitrogens is 3. The van der Waals surface area contributed by atoms with Gasteiger partial charge in [0.1, 0.15) is 0 Å². The van der Waals surface area contributed by atoms with Crippen LogP contribution < -0.4 is 11.1 Å². The Balaban J connectivity index is 1.87. The Labute approximate surface area is 117 Å². The smallest absolute Gasteiger partial charge is 0.170 e. The summed E-state index contributed by atoms with van der Waals surface area (Å²) in [5.74, 6) is 0.124. The first-order valence-electron chi connectivity index (χ1n) is 6.33. The van der Waals surface area contributed by atoms with E-state index in [0.717, 1.165) is 30.8 Å². The number of nitrogens with one attached hydrogen (secondary N) is 1. The van der Waals surface area contributed by atoms with Crippen LogP contribution in [0.1, 0.15) is 16.7 Å². The van der Waals surface area contributed by atoms with Crippen molar-refractivity contribution >= 4 is 5.84 Å². The maximum atomic E-state index is 8.65. The van der Waals surface area contributed by atoms with Crippen LogP contribution in [0.15, 0.2) is 35.7 Å². The van der Waals surface area contributed by atoms with Gasteiger partial charge in [0, 0.05) is 24.8 Å². The van der Waals surface area contributed by atoms with Crippen molar-refractivity contribution in [1.82, 2.24) is 20.3 Å². The zero-order chi connectivity index (χ0) is 14.4. The van der Waals surface area contributed by atoms with Crippen molar-refractivity contribution in [2.24, 2.45) is 10.9 Å². The summed E-state index contributed by atoms with van der Waals surface area (Å²) in [7, 11) is 0. The van der Waals surface area contributed by atoms with Crippen LogP contribution in [0.3, 0.4) is 0 Å². The zero-order valence-corrected chi connectivity index (χ0v) is 11.3. The summed E-state index contributed by atoms with van der Waals surface area (Å²) in [6, 6.07) is 5.73. The van der Waals surface area contributed by atoms with Crippen LogP contribution in [0.5, 0.6) is 0 Å². The fourth-order valence-corrected chi connectivity index (χ4v) is 1.88. The molecule has 0 bridgehead atoms. The monoisotopic (exact) mass is 274 g/mol. The summed E-state index contributed by atoms with van der Waals surface area (Å²) in [6.07, 6.45) is 3.49. The molecule has 1 aromatic carbocycles. The molecule has 0 radical (unpaired) electrons. The first kappa shape index (κ1) is 14.0. The van der Waals surface area contributed by atoms with E-state index in [1.54, 1.807) is 10.9 Å². The van der Waals surface area contributed by atoms with Gasteiger partial charge in [-0.05, 0) is 24.1 Å². The van der Waals surface area contributed by atoms with E-state index in [9.17, 15) is 0 Å². The zero-order valence-electron chi connectivity index (χ0n) is 11.3. The molecule has 2 rings (SSSR count). The molecule has 0 atom stereocenters. The van der Waals surface area contributed by atoms with E-state index in [1.807, 2.05) is 31.3 Å². The van der Waals surface area contributed by atoms with E-state index in [-0.39, 0.29) is 5.84 Å². The summed E-state index contributed by atoms with van der Waals surface area (Å²) in [4.78, 5) is 0. The Kier molecular flexibility index (Phi) is 4.67. The molecule has 20 heavy (non-hydrogen) atoms. The van der Waals surface area contributed by atoms with Crippen LogP contribution >= 0.6 is 0 Å². The van der Waals surface area contributed by atoms with Crippen LogP contribution in [0, 0.1) is 6.92 Å². The van der Waals surface area contributed by atoms with Gasteiger partial charge >= 0.3 is 0 Å². The number of oxime groups is 1. The van der Waals surface area contributed by atoms with E-state index in [1.165, 1.54) is 5.56 Å². The Morgan fingerprint density at radius 2 is 2.35 bits per heavy atom. The van der Waals surface area contributed by atoms with Gasteiger partial charge in [-0.1, -0.05) is 22.5 Å². The molecule has 0 aliphatic rings. The topological polar surface area (TPSA) is 101 Å². The molecule has 106 valence electrons. The minimum Gasteiger partial charge on any atom is -0.409 e. The highest BCUT2D eigenvalue weighted by Crippen LogP contribution is 2.10. The molecule has 0 aliphatic carbocycles. The van der Waals surface area contributed by atoms with E-state index in [2.05, 4.69) is 20.8 Å². The lowest BCUT2D eigenvalue weighted by Gasteiger charge is -2.09. The SMILES string of the molecule is Cc1cc(/C(N)=N/O)ccc1CNCCn1ccnn1. The third-order valence-corrected chi connectivity index (χ3v) is 3.05. The number of hydrogen-bond acceptors (Lipinski definition) is 5. The molecule has 4 N–H and O–H groups in total. The second-order valence-electron chi connectivity index (χ2n) is 4.47. The number of nitrogens with zero attached hydrogens (tertiary/aromatic N) is 4. The second-order valence-corrected chi connectivity index (χ2v) is 4.47. The van der Waals surface area contributed by atoms with Gasteiger partial charge in [0.2, 0.25) is 0 Å². The number of aryl methyl sites for hydroxylation is 1. The molecule has 0 aliphatic heterocycles. The fourth-order valence-electron chi connectivity index (χ4n) is 1.88. The summed E-state index contributed by atoms with van der Waals surface area (Å²) < 4.78 is 1.78. The highest BCUT2D eigenvalue weighted by Gasteiger charge is 2.03. The van der Waals surface area contributed by atoms with Crippen LogP contribution in [0.2, 0.25) is 0 Å². The van der Waals surface area contributed by atoms with Gasteiger partial charge in [0.15, 0.2) is 5.84 Å². The highest BCUT2D eigenvalue weighted by atomic mass is 16.4. The highest BCUT2D eigenvalue weighted by molar-refractivity contribution is 5.97. The van der Waals surface area contributed by atoms with E-state index < -0.39 is 0 Å². The average molecular weight is 274 g/mol. The number of nitrogens with two attached hydrogens (primary N) is 1. The largest absolute Gasteiger partial charge is 0.409 e. The van der Waals surface area contributed by atoms with Gasteiger partial charge in [0.05, 0.1) is 12.7 Å². The molecule has 0 amide bonds. The molecule has 7 nitrogen and oxygen atoms in total. The number of benzene rings is 1. The maximum absolute atomic E-state index is 8.65. The number of rotatable bonds is 6. The first-order valence-corrected chi connectivity index (χ1v) is 6.33. The van der Waals surface area contributed by atoms with Crippen molar-refractivity contribution in [2.75, 3.05) is 6.54 Å². The van der Waals surface area contributed by atoms with Crippen molar-refractivity contribution in [3.63, 3.8) is 0 Å². The van der Waals surface area contributed by atoms with Crippen molar-refractivity contribution in [1.29, 1.82) is 0 Å². The molecule has 2 aromatic rings. The van der Waals surface area contributed by atoms with Crippen LogP contribution in [0.25, 0.3) is 0 Å². The summed E-state index contributed by atoms with van der Waals surface area (Å²) in [6.45, 7) is 4.35. The van der Waals surface area contributed by atoms with Crippen LogP contribution in [0.4, 0.5) is 0 Å². The molecule has 1 aromatic heterocycles. The van der Waals surface area contributed by atoms with Crippen molar-refractivity contribution < 1.29 is 5.21 Å². The molecule has 0 saturated heterocycles. The summed E-state index contributed by atoms with van der Waals surface area (Å²) >= 11 is 0. The lowest BCUT2D eigenvalue weighted by atomic mass is 10.0. The first-order chi connectivity index (χ1) is 9.70. The maximum Gasteiger partial charge on any atom is 0.170 e. The predicted octanol–water partition coefficient (Wildman–Crippen LogP) is 0.471. The fraction of sp³-hybridized carbons (Fsp3) is 0.308. The van der Waals surface area contributed by atoms with Gasteiger partial charge in [0.25, 0.3) is 0 Å². The van der Waals surface area contributed by atoms with E-state index in [4.69, 9.17) is 10.9 Å². The van der Waals surface area contributed by atoms with Crippen LogP contribution in [-0.2, 0) is 13.1 Å². The third-order valence-electron chi connectivity index (χ3n) is 3.05. The summed E-state index contributed by atoms with van der Waals surface area (Å²) in [5.41, 5.74) is 8.55. The third kappa shape index (κ3) is 3.55. The average Bonchev–Trinajstić information content (AvgIpc) is 2.97. The molecule has 0 spiro atoms. The molecular formula is C13H18N6O. The lowest BCUT2D eigenvalue weighted by Crippen LogP contribution is -2.20. The quantitative estimate of drug-likeness (QED) is 0.234. The number of amidine groups is 1. The van der Waals surface area contributed by atoms with Crippen LogP contribution in [-0.4, -0.2) is 32.6 Å². The molecule has 7 heteroatoms. The van der Waals surface area contributed by atoms with Gasteiger partial charge in [-0.25, -0.2) is 0 Å². The van der Waals surface area contributed by atoms with Gasteiger partial charge < -0.3 is 16.3 Å². The Hall–Kier alpha value is -2.41. The number of hydrogen-bond donors (Lipinski definition) is 3. The molecule has 0 fully saturated rings. The molecular weight excluding hydrogens is 256 g/mol. The lowest BCUT2D eigenvalue weighted by molar-refractivity contribution is 0.318. The molecule has 0 saturated carbocycles. The Morgan fingerprint density at radius 3 is 3.00 bits per heavy atom. The molecule has 0 unspecified atom stereocenters. The minimum atomic E-state index is 0.124. The van der Waals surface area contributed by atoms with Crippen molar-refractivity contribution in [3.05, 3.63) is 47.3 Å². The standard InChI is InChI=1S/C13H18N6O/c1-10-8-11(13(14)17-20)2-3-12(10)9-15-4-6-19-7-5-16-18-19/h2-3,5,7-8,15,20H,4,6,9H2,1H3,(H2,14,17). The van der Waals surface area contributed by atoms with Gasteiger partial charge in [-0.3, -0.25) is 4.68 Å². The summed E-state index contributed by atoms with van der Waals surface area (Å²) in [5, 5.41) is 22.6. The Bertz CT molecular complexity index is 579. The van der Waals surface area contributed by atoms with E-state index >= 15 is 0 Å². The van der Waals surface area contributed by atoms with E-state index in [0.29, 0.717) is 0 Å². The molecule has 1 heterocycles. The second kappa shape index (κ2) is 6.67.